The quantitative estimate of drug-likeness (QED) is 0.599. The average molecular weight is 424 g/mol. The molecule has 0 atom stereocenters. The SMILES string of the molecule is CC.COCn1c(-c2ccc(Cl)cc2)c(C#N)c(Br)c1C(F)(F)F. The van der Waals surface area contributed by atoms with Crippen LogP contribution in [0.25, 0.3) is 11.3 Å². The summed E-state index contributed by atoms with van der Waals surface area (Å²) in [5.74, 6) is 0. The van der Waals surface area contributed by atoms with Crippen molar-refractivity contribution in [2.24, 2.45) is 0 Å². The maximum Gasteiger partial charge on any atom is 0.432 e. The zero-order chi connectivity index (χ0) is 18.5. The minimum atomic E-state index is -4.63. The number of methoxy groups -OCH3 is 1. The fourth-order valence-electron chi connectivity index (χ4n) is 2.13. The summed E-state index contributed by atoms with van der Waals surface area (Å²) in [7, 11) is 1.28. The molecule has 8 heteroatoms. The Morgan fingerprint density at radius 2 is 1.79 bits per heavy atom. The summed E-state index contributed by atoms with van der Waals surface area (Å²) < 4.78 is 45.4. The van der Waals surface area contributed by atoms with Gasteiger partial charge >= 0.3 is 6.18 Å². The van der Waals surface area contributed by atoms with Gasteiger partial charge in [0.2, 0.25) is 0 Å². The van der Waals surface area contributed by atoms with E-state index in [4.69, 9.17) is 16.3 Å². The Morgan fingerprint density at radius 3 is 2.21 bits per heavy atom. The zero-order valence-electron chi connectivity index (χ0n) is 13.2. The summed E-state index contributed by atoms with van der Waals surface area (Å²) in [5, 5.41) is 9.71. The van der Waals surface area contributed by atoms with Crippen LogP contribution in [0.5, 0.6) is 0 Å². The molecule has 0 fully saturated rings. The fraction of sp³-hybridized carbons (Fsp3) is 0.312. The van der Waals surface area contributed by atoms with E-state index in [2.05, 4.69) is 15.9 Å². The third-order valence-electron chi connectivity index (χ3n) is 2.96. The van der Waals surface area contributed by atoms with E-state index >= 15 is 0 Å². The summed E-state index contributed by atoms with van der Waals surface area (Å²) in [6.07, 6.45) is -4.63. The molecule has 1 aromatic heterocycles. The van der Waals surface area contributed by atoms with Crippen molar-refractivity contribution in [2.45, 2.75) is 26.8 Å². The number of nitrogens with zero attached hydrogens (tertiary/aromatic N) is 2. The predicted molar refractivity (Wildman–Crippen MR) is 90.7 cm³/mol. The molecule has 0 saturated heterocycles. The minimum Gasteiger partial charge on any atom is -0.364 e. The molecule has 0 unspecified atom stereocenters. The molecule has 0 aliphatic carbocycles. The molecule has 0 radical (unpaired) electrons. The number of hydrogen-bond acceptors (Lipinski definition) is 2. The maximum atomic E-state index is 13.3. The molecular formula is C16H15BrClF3N2O. The Morgan fingerprint density at radius 1 is 1.25 bits per heavy atom. The number of ether oxygens (including phenoxy) is 1. The van der Waals surface area contributed by atoms with E-state index < -0.39 is 11.9 Å². The van der Waals surface area contributed by atoms with Crippen LogP contribution in [-0.4, -0.2) is 11.7 Å². The Bertz CT molecular complexity index is 734. The van der Waals surface area contributed by atoms with E-state index in [9.17, 15) is 18.4 Å². The number of alkyl halides is 3. The first kappa shape index (κ1) is 20.6. The molecule has 1 heterocycles. The highest BCUT2D eigenvalue weighted by Crippen LogP contribution is 2.43. The van der Waals surface area contributed by atoms with Gasteiger partial charge in [0.15, 0.2) is 0 Å². The second-order valence-electron chi connectivity index (χ2n) is 4.35. The van der Waals surface area contributed by atoms with Crippen molar-refractivity contribution in [3.8, 4) is 17.3 Å². The molecule has 0 amide bonds. The van der Waals surface area contributed by atoms with E-state index in [0.29, 0.717) is 10.6 Å². The standard InChI is InChI=1S/C14H9BrClF3N2O.C2H6/c1-22-7-21-12(8-2-4-9(16)5-3-8)10(6-20)11(15)13(21)14(17,18)19;1-2/h2-5H,7H2,1H3;1-2H3. The maximum absolute atomic E-state index is 13.3. The Hall–Kier alpha value is -1.49. The molecular weight excluding hydrogens is 409 g/mol. The highest BCUT2D eigenvalue weighted by molar-refractivity contribution is 9.10. The third-order valence-corrected chi connectivity index (χ3v) is 3.98. The number of halogens is 5. The molecule has 0 N–H and O–H groups in total. The van der Waals surface area contributed by atoms with E-state index in [0.717, 1.165) is 4.57 Å². The Balaban J connectivity index is 0.00000139. The first-order valence-corrected chi connectivity index (χ1v) is 8.12. The lowest BCUT2D eigenvalue weighted by molar-refractivity contribution is -0.146. The van der Waals surface area contributed by atoms with Gasteiger partial charge in [0.1, 0.15) is 18.5 Å². The normalized spacial score (nSPS) is 10.8. The van der Waals surface area contributed by atoms with E-state index in [1.807, 2.05) is 19.9 Å². The summed E-state index contributed by atoms with van der Waals surface area (Å²) in [4.78, 5) is 0. The van der Waals surface area contributed by atoms with Crippen molar-refractivity contribution in [2.75, 3.05) is 7.11 Å². The summed E-state index contributed by atoms with van der Waals surface area (Å²) in [6.45, 7) is 3.66. The van der Waals surface area contributed by atoms with Crippen LogP contribution in [0.4, 0.5) is 13.2 Å². The summed E-state index contributed by atoms with van der Waals surface area (Å²) in [6, 6.07) is 8.01. The monoisotopic (exact) mass is 422 g/mol. The van der Waals surface area contributed by atoms with Gasteiger partial charge in [-0.05, 0) is 33.6 Å². The van der Waals surface area contributed by atoms with E-state index in [-0.39, 0.29) is 22.5 Å². The van der Waals surface area contributed by atoms with Crippen LogP contribution >= 0.6 is 27.5 Å². The van der Waals surface area contributed by atoms with Crippen LogP contribution in [0.2, 0.25) is 5.02 Å². The molecule has 24 heavy (non-hydrogen) atoms. The molecule has 0 bridgehead atoms. The van der Waals surface area contributed by atoms with Crippen LogP contribution in [-0.2, 0) is 17.6 Å². The Labute approximate surface area is 151 Å². The largest absolute Gasteiger partial charge is 0.432 e. The average Bonchev–Trinajstić information content (AvgIpc) is 2.82. The highest BCUT2D eigenvalue weighted by Gasteiger charge is 2.40. The van der Waals surface area contributed by atoms with Gasteiger partial charge in [-0.1, -0.05) is 37.6 Å². The van der Waals surface area contributed by atoms with Gasteiger partial charge in [0, 0.05) is 12.1 Å². The van der Waals surface area contributed by atoms with Gasteiger partial charge < -0.3 is 9.30 Å². The zero-order valence-corrected chi connectivity index (χ0v) is 15.6. The lowest BCUT2D eigenvalue weighted by atomic mass is 10.1. The number of rotatable bonds is 3. The predicted octanol–water partition coefficient (Wildman–Crippen LogP) is 6.09. The fourth-order valence-corrected chi connectivity index (χ4v) is 2.97. The van der Waals surface area contributed by atoms with Crippen LogP contribution in [0.15, 0.2) is 28.7 Å². The van der Waals surface area contributed by atoms with Gasteiger partial charge in [-0.25, -0.2) is 0 Å². The molecule has 0 saturated carbocycles. The lowest BCUT2D eigenvalue weighted by Gasteiger charge is -2.14. The summed E-state index contributed by atoms with van der Waals surface area (Å²) in [5.41, 5.74) is -0.503. The van der Waals surface area contributed by atoms with Gasteiger partial charge in [0.25, 0.3) is 0 Å². The number of benzene rings is 1. The summed E-state index contributed by atoms with van der Waals surface area (Å²) >= 11 is 8.68. The Kier molecular flexibility index (Phi) is 7.33. The lowest BCUT2D eigenvalue weighted by Crippen LogP contribution is -2.15. The second kappa shape index (κ2) is 8.56. The first-order valence-electron chi connectivity index (χ1n) is 6.95. The minimum absolute atomic E-state index is 0.105. The van der Waals surface area contributed by atoms with Crippen molar-refractivity contribution in [1.82, 2.24) is 4.57 Å². The van der Waals surface area contributed by atoms with Crippen molar-refractivity contribution < 1.29 is 17.9 Å². The van der Waals surface area contributed by atoms with Crippen molar-refractivity contribution in [3.05, 3.63) is 45.0 Å². The molecule has 0 aliphatic heterocycles. The van der Waals surface area contributed by atoms with Gasteiger partial charge in [0.05, 0.1) is 15.7 Å². The van der Waals surface area contributed by atoms with Crippen LogP contribution < -0.4 is 0 Å². The van der Waals surface area contributed by atoms with E-state index in [1.165, 1.54) is 7.11 Å². The molecule has 2 rings (SSSR count). The smallest absolute Gasteiger partial charge is 0.364 e. The number of aromatic nitrogens is 1. The molecule has 0 aliphatic rings. The molecule has 1 aromatic carbocycles. The first-order chi connectivity index (χ1) is 11.3. The number of hydrogen-bond donors (Lipinski definition) is 0. The van der Waals surface area contributed by atoms with Crippen molar-refractivity contribution >= 4 is 27.5 Å². The van der Waals surface area contributed by atoms with Crippen molar-refractivity contribution in [3.63, 3.8) is 0 Å². The number of nitriles is 1. The van der Waals surface area contributed by atoms with Gasteiger partial charge in [-0.15, -0.1) is 0 Å². The van der Waals surface area contributed by atoms with Crippen LogP contribution in [0.1, 0.15) is 25.1 Å². The third kappa shape index (κ3) is 4.12. The molecule has 0 spiro atoms. The molecule has 130 valence electrons. The van der Waals surface area contributed by atoms with Gasteiger partial charge in [-0.2, -0.15) is 18.4 Å². The highest BCUT2D eigenvalue weighted by atomic mass is 79.9. The van der Waals surface area contributed by atoms with Crippen LogP contribution in [0, 0.1) is 11.3 Å². The molecule has 3 nitrogen and oxygen atoms in total. The molecule has 2 aromatic rings. The second-order valence-corrected chi connectivity index (χ2v) is 5.58. The topological polar surface area (TPSA) is 38.0 Å². The van der Waals surface area contributed by atoms with E-state index in [1.54, 1.807) is 24.3 Å². The van der Waals surface area contributed by atoms with Crippen molar-refractivity contribution in [1.29, 1.82) is 5.26 Å². The van der Waals surface area contributed by atoms with Gasteiger partial charge in [-0.3, -0.25) is 0 Å². The van der Waals surface area contributed by atoms with Crippen LogP contribution in [0.3, 0.4) is 0 Å².